The second-order valence-electron chi connectivity index (χ2n) is 6.13. The zero-order valence-corrected chi connectivity index (χ0v) is 13.3. The number of hydrogen-bond donors (Lipinski definition) is 1. The van der Waals surface area contributed by atoms with Crippen molar-refractivity contribution in [1.82, 2.24) is 15.2 Å². The van der Waals surface area contributed by atoms with Gasteiger partial charge in [0.25, 0.3) is 11.8 Å². The van der Waals surface area contributed by atoms with Crippen LogP contribution in [0.2, 0.25) is 0 Å². The molecule has 0 saturated carbocycles. The summed E-state index contributed by atoms with van der Waals surface area (Å²) in [4.78, 5) is 30.6. The summed E-state index contributed by atoms with van der Waals surface area (Å²) in [5.41, 5.74) is 0.815. The highest BCUT2D eigenvalue weighted by Crippen LogP contribution is 2.13. The summed E-state index contributed by atoms with van der Waals surface area (Å²) >= 11 is 0. The van der Waals surface area contributed by atoms with E-state index in [0.29, 0.717) is 17.8 Å². The van der Waals surface area contributed by atoms with Crippen molar-refractivity contribution in [3.8, 4) is 0 Å². The number of hydrogen-bond acceptors (Lipinski definition) is 4. The van der Waals surface area contributed by atoms with E-state index in [0.717, 1.165) is 45.4 Å². The van der Waals surface area contributed by atoms with Crippen molar-refractivity contribution < 1.29 is 14.3 Å². The maximum atomic E-state index is 12.5. The van der Waals surface area contributed by atoms with Crippen molar-refractivity contribution in [2.24, 2.45) is 0 Å². The highest BCUT2D eigenvalue weighted by Gasteiger charge is 2.21. The summed E-state index contributed by atoms with van der Waals surface area (Å²) in [5.74, 6) is -0.269. The number of amides is 2. The number of nitrogens with zero attached hydrogens (tertiary/aromatic N) is 2. The Bertz CT molecular complexity index is 564. The molecule has 2 aliphatic rings. The number of likely N-dealkylation sites (tertiary alicyclic amines) is 1. The van der Waals surface area contributed by atoms with Crippen LogP contribution >= 0.6 is 0 Å². The zero-order chi connectivity index (χ0) is 16.1. The van der Waals surface area contributed by atoms with Crippen molar-refractivity contribution in [2.75, 3.05) is 26.2 Å². The minimum Gasteiger partial charge on any atom is -0.376 e. The van der Waals surface area contributed by atoms with Crippen LogP contribution in [0.15, 0.2) is 18.3 Å². The van der Waals surface area contributed by atoms with Gasteiger partial charge >= 0.3 is 0 Å². The summed E-state index contributed by atoms with van der Waals surface area (Å²) in [6.45, 7) is 2.83. The number of piperidine rings is 1. The van der Waals surface area contributed by atoms with Gasteiger partial charge in [0.1, 0.15) is 5.69 Å². The first kappa shape index (κ1) is 15.9. The molecule has 0 spiro atoms. The first-order valence-corrected chi connectivity index (χ1v) is 8.39. The molecule has 2 aliphatic heterocycles. The topological polar surface area (TPSA) is 71.5 Å². The third-order valence-electron chi connectivity index (χ3n) is 4.40. The number of aromatic nitrogens is 1. The Morgan fingerprint density at radius 2 is 2.09 bits per heavy atom. The molecule has 0 radical (unpaired) electrons. The smallest absolute Gasteiger partial charge is 0.272 e. The first-order chi connectivity index (χ1) is 11.2. The summed E-state index contributed by atoms with van der Waals surface area (Å²) in [5, 5.41) is 2.87. The second kappa shape index (κ2) is 7.55. The molecule has 0 bridgehead atoms. The van der Waals surface area contributed by atoms with Gasteiger partial charge in [-0.2, -0.15) is 0 Å². The minimum absolute atomic E-state index is 0.0847. The van der Waals surface area contributed by atoms with E-state index >= 15 is 0 Å². The fraction of sp³-hybridized carbons (Fsp3) is 0.588. The van der Waals surface area contributed by atoms with Crippen LogP contribution in [0, 0.1) is 0 Å². The molecule has 1 atom stereocenters. The van der Waals surface area contributed by atoms with E-state index in [1.54, 1.807) is 12.1 Å². The Morgan fingerprint density at radius 1 is 1.26 bits per heavy atom. The molecule has 6 nitrogen and oxygen atoms in total. The molecule has 2 saturated heterocycles. The van der Waals surface area contributed by atoms with E-state index in [1.165, 1.54) is 12.6 Å². The lowest BCUT2D eigenvalue weighted by atomic mass is 10.1. The molecule has 1 unspecified atom stereocenters. The van der Waals surface area contributed by atoms with Crippen molar-refractivity contribution in [3.63, 3.8) is 0 Å². The lowest BCUT2D eigenvalue weighted by molar-refractivity contribution is 0.0718. The molecule has 0 aromatic carbocycles. The fourth-order valence-electron chi connectivity index (χ4n) is 3.06. The molecule has 1 aromatic rings. The second-order valence-corrected chi connectivity index (χ2v) is 6.13. The van der Waals surface area contributed by atoms with Crippen LogP contribution in [0.3, 0.4) is 0 Å². The summed E-state index contributed by atoms with van der Waals surface area (Å²) < 4.78 is 5.49. The van der Waals surface area contributed by atoms with Gasteiger partial charge < -0.3 is 15.0 Å². The molecule has 23 heavy (non-hydrogen) atoms. The molecule has 1 N–H and O–H groups in total. The lowest BCUT2D eigenvalue weighted by Crippen LogP contribution is -2.36. The van der Waals surface area contributed by atoms with E-state index in [1.807, 2.05) is 4.90 Å². The number of nitrogens with one attached hydrogen (secondary N) is 1. The number of carbonyl (C=O) groups is 2. The van der Waals surface area contributed by atoms with Gasteiger partial charge in [0.05, 0.1) is 6.10 Å². The SMILES string of the molecule is O=C(NCC1CCCO1)c1ccnc(C(=O)N2CCCCC2)c1. The normalized spacial score (nSPS) is 21.2. The van der Waals surface area contributed by atoms with E-state index < -0.39 is 0 Å². The largest absolute Gasteiger partial charge is 0.376 e. The fourth-order valence-corrected chi connectivity index (χ4v) is 3.06. The van der Waals surface area contributed by atoms with E-state index in [2.05, 4.69) is 10.3 Å². The number of rotatable bonds is 4. The Hall–Kier alpha value is -1.95. The average Bonchev–Trinajstić information content (AvgIpc) is 3.13. The molecule has 124 valence electrons. The first-order valence-electron chi connectivity index (χ1n) is 8.39. The van der Waals surface area contributed by atoms with Gasteiger partial charge in [0.15, 0.2) is 0 Å². The Labute approximate surface area is 136 Å². The molecule has 1 aromatic heterocycles. The lowest BCUT2D eigenvalue weighted by Gasteiger charge is -2.26. The Morgan fingerprint density at radius 3 is 2.83 bits per heavy atom. The quantitative estimate of drug-likeness (QED) is 0.916. The van der Waals surface area contributed by atoms with Crippen LogP contribution in [0.1, 0.15) is 53.0 Å². The highest BCUT2D eigenvalue weighted by atomic mass is 16.5. The van der Waals surface area contributed by atoms with Crippen molar-refractivity contribution in [3.05, 3.63) is 29.6 Å². The maximum Gasteiger partial charge on any atom is 0.272 e. The third-order valence-corrected chi connectivity index (χ3v) is 4.40. The molecule has 0 aliphatic carbocycles. The van der Waals surface area contributed by atoms with E-state index in [-0.39, 0.29) is 17.9 Å². The molecule has 2 fully saturated rings. The molecular formula is C17H23N3O3. The van der Waals surface area contributed by atoms with Crippen molar-refractivity contribution in [1.29, 1.82) is 0 Å². The number of ether oxygens (including phenoxy) is 1. The molecule has 6 heteroatoms. The summed E-state index contributed by atoms with van der Waals surface area (Å²) in [6.07, 6.45) is 6.90. The summed E-state index contributed by atoms with van der Waals surface area (Å²) in [7, 11) is 0. The monoisotopic (exact) mass is 317 g/mol. The van der Waals surface area contributed by atoms with Gasteiger partial charge in [-0.3, -0.25) is 14.6 Å². The predicted molar refractivity (Wildman–Crippen MR) is 85.3 cm³/mol. The van der Waals surface area contributed by atoms with Gasteiger partial charge in [-0.25, -0.2) is 0 Å². The van der Waals surface area contributed by atoms with Crippen LogP contribution < -0.4 is 5.32 Å². The Kier molecular flexibility index (Phi) is 5.23. The van der Waals surface area contributed by atoms with Gasteiger partial charge in [0, 0.05) is 38.0 Å². The van der Waals surface area contributed by atoms with Gasteiger partial charge in [-0.15, -0.1) is 0 Å². The van der Waals surface area contributed by atoms with Crippen molar-refractivity contribution >= 4 is 11.8 Å². The highest BCUT2D eigenvalue weighted by molar-refractivity contribution is 5.98. The van der Waals surface area contributed by atoms with E-state index in [4.69, 9.17) is 4.74 Å². The summed E-state index contributed by atoms with van der Waals surface area (Å²) in [6, 6.07) is 3.22. The van der Waals surface area contributed by atoms with Gasteiger partial charge in [-0.05, 0) is 44.2 Å². The van der Waals surface area contributed by atoms with Crippen LogP contribution in [0.25, 0.3) is 0 Å². The van der Waals surface area contributed by atoms with E-state index in [9.17, 15) is 9.59 Å². The number of pyridine rings is 1. The predicted octanol–water partition coefficient (Wildman–Crippen LogP) is 1.62. The average molecular weight is 317 g/mol. The minimum atomic E-state index is -0.185. The van der Waals surface area contributed by atoms with Crippen LogP contribution in [0.5, 0.6) is 0 Å². The number of carbonyl (C=O) groups excluding carboxylic acids is 2. The molecular weight excluding hydrogens is 294 g/mol. The van der Waals surface area contributed by atoms with Gasteiger partial charge in [0.2, 0.25) is 0 Å². The van der Waals surface area contributed by atoms with Crippen LogP contribution in [-0.4, -0.2) is 54.0 Å². The molecule has 2 amide bonds. The van der Waals surface area contributed by atoms with Gasteiger partial charge in [-0.1, -0.05) is 0 Å². The standard InChI is InChI=1S/C17H23N3O3/c21-16(19-12-14-5-4-10-23-14)13-6-7-18-15(11-13)17(22)20-8-2-1-3-9-20/h6-7,11,14H,1-5,8-10,12H2,(H,19,21). The van der Waals surface area contributed by atoms with Crippen LogP contribution in [0.4, 0.5) is 0 Å². The maximum absolute atomic E-state index is 12.5. The van der Waals surface area contributed by atoms with Crippen molar-refractivity contribution in [2.45, 2.75) is 38.2 Å². The van der Waals surface area contributed by atoms with Crippen LogP contribution in [-0.2, 0) is 4.74 Å². The molecule has 3 rings (SSSR count). The molecule has 3 heterocycles. The third kappa shape index (κ3) is 4.07. The Balaban J connectivity index is 1.61. The zero-order valence-electron chi connectivity index (χ0n) is 13.3.